The number of alkyl halides is 3. The van der Waals surface area contributed by atoms with E-state index in [4.69, 9.17) is 0 Å². The van der Waals surface area contributed by atoms with Gasteiger partial charge in [0, 0.05) is 24.1 Å². The van der Waals surface area contributed by atoms with Gasteiger partial charge in [0.1, 0.15) is 5.92 Å². The molecular formula is C20H18BrF3N2O3. The number of amides is 2. The van der Waals surface area contributed by atoms with E-state index in [1.54, 1.807) is 24.3 Å². The fourth-order valence-electron chi connectivity index (χ4n) is 3.73. The van der Waals surface area contributed by atoms with E-state index in [1.807, 2.05) is 0 Å². The molecule has 0 bridgehead atoms. The fourth-order valence-corrected chi connectivity index (χ4v) is 4.25. The molecule has 154 valence electrons. The van der Waals surface area contributed by atoms with E-state index < -0.39 is 35.7 Å². The van der Waals surface area contributed by atoms with Crippen LogP contribution in [0, 0.1) is 5.92 Å². The van der Waals surface area contributed by atoms with E-state index in [2.05, 4.69) is 15.9 Å². The van der Waals surface area contributed by atoms with Crippen LogP contribution in [0.3, 0.4) is 0 Å². The Morgan fingerprint density at radius 3 is 2.17 bits per heavy atom. The molecule has 0 aliphatic carbocycles. The van der Waals surface area contributed by atoms with Gasteiger partial charge in [-0.05, 0) is 11.6 Å². The number of benzene rings is 2. The second-order valence-electron chi connectivity index (χ2n) is 6.85. The molecular weight excluding hydrogens is 453 g/mol. The first-order chi connectivity index (χ1) is 13.5. The third-order valence-corrected chi connectivity index (χ3v) is 5.97. The van der Waals surface area contributed by atoms with Crippen molar-refractivity contribution in [2.24, 2.45) is 5.92 Å². The number of hydrogen-bond donors (Lipinski definition) is 1. The first-order valence-electron chi connectivity index (χ1n) is 8.65. The van der Waals surface area contributed by atoms with Crippen molar-refractivity contribution >= 4 is 27.7 Å². The summed E-state index contributed by atoms with van der Waals surface area (Å²) in [5, 5.41) is 10.9. The number of urea groups is 1. The number of carbonyl (C=O) groups is 2. The highest BCUT2D eigenvalue weighted by atomic mass is 79.9. The first kappa shape index (κ1) is 21.3. The highest BCUT2D eigenvalue weighted by Gasteiger charge is 2.70. The average Bonchev–Trinajstić information content (AvgIpc) is 2.69. The predicted octanol–water partition coefficient (Wildman–Crippen LogP) is 4.24. The normalized spacial score (nSPS) is 25.3. The number of Topliss-reactive ketones (excluding diaryl/α,β-unsaturated/α-hetero) is 1. The molecule has 1 saturated heterocycles. The fraction of sp³-hybridized carbons (Fsp3) is 0.300. The van der Waals surface area contributed by atoms with Crippen LogP contribution in [0.4, 0.5) is 18.0 Å². The lowest BCUT2D eigenvalue weighted by atomic mass is 9.75. The van der Waals surface area contributed by atoms with Crippen LogP contribution in [-0.4, -0.2) is 52.7 Å². The molecule has 1 aliphatic rings. The number of carbonyl (C=O) groups excluding carboxylic acids is 2. The van der Waals surface area contributed by atoms with Gasteiger partial charge in [-0.2, -0.15) is 13.2 Å². The van der Waals surface area contributed by atoms with E-state index in [1.165, 1.54) is 37.4 Å². The lowest BCUT2D eigenvalue weighted by molar-refractivity contribution is -0.328. The van der Waals surface area contributed by atoms with Gasteiger partial charge in [0.2, 0.25) is 0 Å². The van der Waals surface area contributed by atoms with Gasteiger partial charge < -0.3 is 10.0 Å². The zero-order valence-electron chi connectivity index (χ0n) is 15.5. The summed E-state index contributed by atoms with van der Waals surface area (Å²) in [6.45, 7) is 0. The molecule has 2 aromatic carbocycles. The van der Waals surface area contributed by atoms with Crippen molar-refractivity contribution in [3.05, 3.63) is 70.2 Å². The van der Waals surface area contributed by atoms with Crippen molar-refractivity contribution in [1.82, 2.24) is 9.80 Å². The Bertz CT molecular complexity index is 938. The summed E-state index contributed by atoms with van der Waals surface area (Å²) in [6.07, 6.45) is -5.27. The molecule has 3 rings (SSSR count). The van der Waals surface area contributed by atoms with Crippen LogP contribution in [0.15, 0.2) is 59.1 Å². The molecule has 0 saturated carbocycles. The van der Waals surface area contributed by atoms with E-state index in [9.17, 15) is 27.9 Å². The Morgan fingerprint density at radius 1 is 1.07 bits per heavy atom. The molecule has 1 heterocycles. The molecule has 1 N–H and O–H groups in total. The van der Waals surface area contributed by atoms with Gasteiger partial charge >= 0.3 is 12.2 Å². The summed E-state index contributed by atoms with van der Waals surface area (Å²) in [5.41, 5.74) is -3.40. The lowest BCUT2D eigenvalue weighted by Gasteiger charge is -2.53. The Labute approximate surface area is 173 Å². The highest BCUT2D eigenvalue weighted by molar-refractivity contribution is 9.10. The van der Waals surface area contributed by atoms with Crippen molar-refractivity contribution in [3.8, 4) is 0 Å². The van der Waals surface area contributed by atoms with Crippen LogP contribution in [-0.2, 0) is 0 Å². The monoisotopic (exact) mass is 470 g/mol. The SMILES string of the molecule is CN1C(=O)N(C)C(O)(C(F)(F)F)C(C(=O)c2ccccc2)C1c1ccccc1Br. The van der Waals surface area contributed by atoms with Crippen LogP contribution in [0.5, 0.6) is 0 Å². The van der Waals surface area contributed by atoms with E-state index in [-0.39, 0.29) is 16.0 Å². The number of aliphatic hydroxyl groups is 1. The molecule has 5 nitrogen and oxygen atoms in total. The van der Waals surface area contributed by atoms with E-state index in [0.717, 1.165) is 11.9 Å². The van der Waals surface area contributed by atoms with Crippen molar-refractivity contribution in [2.75, 3.05) is 14.1 Å². The molecule has 2 amide bonds. The summed E-state index contributed by atoms with van der Waals surface area (Å²) in [4.78, 5) is 27.2. The second kappa shape index (κ2) is 7.46. The maximum absolute atomic E-state index is 14.2. The molecule has 1 fully saturated rings. The highest BCUT2D eigenvalue weighted by Crippen LogP contribution is 2.51. The molecule has 9 heteroatoms. The Hall–Kier alpha value is -2.39. The smallest absolute Gasteiger partial charge is 0.363 e. The van der Waals surface area contributed by atoms with E-state index >= 15 is 0 Å². The third kappa shape index (κ3) is 3.32. The minimum atomic E-state index is -5.27. The molecule has 2 aromatic rings. The van der Waals surface area contributed by atoms with Gasteiger partial charge in [-0.25, -0.2) is 4.79 Å². The van der Waals surface area contributed by atoms with Gasteiger partial charge in [0.25, 0.3) is 5.72 Å². The van der Waals surface area contributed by atoms with Gasteiger partial charge in [-0.15, -0.1) is 0 Å². The molecule has 3 atom stereocenters. The summed E-state index contributed by atoms with van der Waals surface area (Å²) in [7, 11) is 2.15. The Balaban J connectivity index is 2.30. The number of rotatable bonds is 3. The standard InChI is InChI=1S/C20H18BrF3N2O3/c1-25-16(13-10-6-7-11-14(13)21)15(17(27)12-8-4-3-5-9-12)19(29,20(22,23)24)26(2)18(25)28/h3-11,15-16,29H,1-2H3. The minimum Gasteiger partial charge on any atom is -0.363 e. The summed E-state index contributed by atoms with van der Waals surface area (Å²) < 4.78 is 42.9. The predicted molar refractivity (Wildman–Crippen MR) is 103 cm³/mol. The quantitative estimate of drug-likeness (QED) is 0.682. The zero-order valence-corrected chi connectivity index (χ0v) is 17.1. The van der Waals surface area contributed by atoms with Crippen LogP contribution < -0.4 is 0 Å². The van der Waals surface area contributed by atoms with Crippen molar-refractivity contribution in [2.45, 2.75) is 17.9 Å². The molecule has 0 spiro atoms. The van der Waals surface area contributed by atoms with Gasteiger partial charge in [-0.3, -0.25) is 9.69 Å². The van der Waals surface area contributed by atoms with Crippen LogP contribution in [0.2, 0.25) is 0 Å². The molecule has 0 radical (unpaired) electrons. The average molecular weight is 471 g/mol. The Morgan fingerprint density at radius 2 is 1.62 bits per heavy atom. The third-order valence-electron chi connectivity index (χ3n) is 5.25. The number of nitrogens with zero attached hydrogens (tertiary/aromatic N) is 2. The van der Waals surface area contributed by atoms with Crippen LogP contribution >= 0.6 is 15.9 Å². The van der Waals surface area contributed by atoms with Crippen molar-refractivity contribution in [3.63, 3.8) is 0 Å². The summed E-state index contributed by atoms with van der Waals surface area (Å²) in [6, 6.07) is 11.4. The van der Waals surface area contributed by atoms with Crippen LogP contribution in [0.1, 0.15) is 22.0 Å². The van der Waals surface area contributed by atoms with Crippen molar-refractivity contribution < 1.29 is 27.9 Å². The second-order valence-corrected chi connectivity index (χ2v) is 7.71. The molecule has 1 aliphatic heterocycles. The topological polar surface area (TPSA) is 60.9 Å². The maximum atomic E-state index is 14.2. The zero-order chi connectivity index (χ0) is 21.6. The molecule has 0 aromatic heterocycles. The first-order valence-corrected chi connectivity index (χ1v) is 9.44. The Kier molecular flexibility index (Phi) is 5.48. The van der Waals surface area contributed by atoms with Gasteiger partial charge in [0.05, 0.1) is 6.04 Å². The number of halogens is 4. The van der Waals surface area contributed by atoms with E-state index in [0.29, 0.717) is 4.47 Å². The van der Waals surface area contributed by atoms with Crippen molar-refractivity contribution in [1.29, 1.82) is 0 Å². The number of hydrogen-bond acceptors (Lipinski definition) is 3. The van der Waals surface area contributed by atoms with Gasteiger partial charge in [-0.1, -0.05) is 64.5 Å². The molecule has 3 unspecified atom stereocenters. The summed E-state index contributed by atoms with van der Waals surface area (Å²) >= 11 is 3.29. The van der Waals surface area contributed by atoms with Gasteiger partial charge in [0.15, 0.2) is 5.78 Å². The minimum absolute atomic E-state index is 0.00776. The molecule has 29 heavy (non-hydrogen) atoms. The summed E-state index contributed by atoms with van der Waals surface area (Å²) in [5.74, 6) is -2.94. The largest absolute Gasteiger partial charge is 0.437 e. The number of ketones is 1. The lowest BCUT2D eigenvalue weighted by Crippen LogP contribution is -2.73. The van der Waals surface area contributed by atoms with Crippen LogP contribution in [0.25, 0.3) is 0 Å². The maximum Gasteiger partial charge on any atom is 0.437 e.